The number of fused-ring (bicyclic) bond motifs is 1. The molecule has 124 valence electrons. The van der Waals surface area contributed by atoms with Gasteiger partial charge in [-0.05, 0) is 45.9 Å². The second-order valence-corrected chi connectivity index (χ2v) is 6.17. The first-order chi connectivity index (χ1) is 10.8. The molecule has 0 spiro atoms. The molecule has 0 aliphatic heterocycles. The average molecular weight is 337 g/mol. The van der Waals surface area contributed by atoms with Gasteiger partial charge >= 0.3 is 0 Å². The van der Waals surface area contributed by atoms with Gasteiger partial charge in [0.05, 0.1) is 6.54 Å². The highest BCUT2D eigenvalue weighted by Gasteiger charge is 2.24. The van der Waals surface area contributed by atoms with Crippen molar-refractivity contribution in [1.82, 2.24) is 10.2 Å². The predicted molar refractivity (Wildman–Crippen MR) is 90.8 cm³/mol. The summed E-state index contributed by atoms with van der Waals surface area (Å²) in [4.78, 5) is 26.1. The number of furan rings is 1. The Bertz CT molecular complexity index is 737. The molecular formula is C17H21ClN2O3. The zero-order valence-corrected chi connectivity index (χ0v) is 14.5. The molecule has 0 radical (unpaired) electrons. The first-order valence-corrected chi connectivity index (χ1v) is 7.98. The minimum atomic E-state index is -0.295. The Morgan fingerprint density at radius 2 is 2.04 bits per heavy atom. The van der Waals surface area contributed by atoms with Gasteiger partial charge in [-0.3, -0.25) is 9.59 Å². The molecule has 0 atom stereocenters. The Kier molecular flexibility index (Phi) is 5.31. The monoisotopic (exact) mass is 336 g/mol. The fraction of sp³-hybridized carbons (Fsp3) is 0.412. The van der Waals surface area contributed by atoms with Gasteiger partial charge in [0.1, 0.15) is 5.58 Å². The van der Waals surface area contributed by atoms with Gasteiger partial charge in [-0.2, -0.15) is 0 Å². The van der Waals surface area contributed by atoms with Gasteiger partial charge in [0.15, 0.2) is 5.76 Å². The van der Waals surface area contributed by atoms with Crippen molar-refractivity contribution in [2.75, 3.05) is 13.1 Å². The summed E-state index contributed by atoms with van der Waals surface area (Å²) in [6.07, 6.45) is 0. The molecular weight excluding hydrogens is 316 g/mol. The average Bonchev–Trinajstić information content (AvgIpc) is 2.80. The number of nitrogens with one attached hydrogen (secondary N) is 1. The topological polar surface area (TPSA) is 62.6 Å². The number of carbonyl (C=O) groups excluding carboxylic acids is 2. The number of amides is 2. The largest absolute Gasteiger partial charge is 0.451 e. The van der Waals surface area contributed by atoms with Gasteiger partial charge in [0, 0.05) is 28.6 Å². The third-order valence-electron chi connectivity index (χ3n) is 3.55. The van der Waals surface area contributed by atoms with E-state index in [-0.39, 0.29) is 30.2 Å². The van der Waals surface area contributed by atoms with Gasteiger partial charge in [-0.25, -0.2) is 0 Å². The number of rotatable bonds is 5. The zero-order valence-electron chi connectivity index (χ0n) is 13.8. The van der Waals surface area contributed by atoms with E-state index in [0.717, 1.165) is 10.9 Å². The number of benzene rings is 1. The maximum Gasteiger partial charge on any atom is 0.290 e. The maximum absolute atomic E-state index is 12.7. The molecule has 1 heterocycles. The number of hydrogen-bond donors (Lipinski definition) is 1. The van der Waals surface area contributed by atoms with Gasteiger partial charge in [-0.15, -0.1) is 0 Å². The number of likely N-dealkylation sites (N-methyl/N-ethyl adjacent to an activating group) is 1. The second kappa shape index (κ2) is 7.04. The summed E-state index contributed by atoms with van der Waals surface area (Å²) < 4.78 is 5.68. The molecule has 0 saturated heterocycles. The minimum absolute atomic E-state index is 0.00472. The highest BCUT2D eigenvalue weighted by atomic mass is 35.5. The summed E-state index contributed by atoms with van der Waals surface area (Å²) in [5.41, 5.74) is 1.34. The molecule has 6 heteroatoms. The molecule has 0 bridgehead atoms. The van der Waals surface area contributed by atoms with Gasteiger partial charge in [0.2, 0.25) is 5.91 Å². The van der Waals surface area contributed by atoms with Crippen LogP contribution >= 0.6 is 11.6 Å². The molecule has 2 amide bonds. The van der Waals surface area contributed by atoms with Crippen molar-refractivity contribution >= 4 is 34.4 Å². The highest BCUT2D eigenvalue weighted by molar-refractivity contribution is 6.31. The van der Waals surface area contributed by atoms with Crippen molar-refractivity contribution in [2.24, 2.45) is 0 Å². The van der Waals surface area contributed by atoms with Crippen LogP contribution in [0.15, 0.2) is 22.6 Å². The third kappa shape index (κ3) is 3.85. The molecule has 2 aromatic rings. The zero-order chi connectivity index (χ0) is 17.1. The number of aryl methyl sites for hydroxylation is 1. The molecule has 0 fully saturated rings. The standard InChI is InChI=1S/C17H21ClN2O3/c1-5-20(9-15(21)19-10(2)3)17(22)16-11(4)13-8-12(18)6-7-14(13)23-16/h6-8,10H,5,9H2,1-4H3,(H,19,21). The minimum Gasteiger partial charge on any atom is -0.451 e. The van der Waals surface area contributed by atoms with Gasteiger partial charge in [0.25, 0.3) is 5.91 Å². The number of nitrogens with zero attached hydrogens (tertiary/aromatic N) is 1. The second-order valence-electron chi connectivity index (χ2n) is 5.74. The summed E-state index contributed by atoms with van der Waals surface area (Å²) in [6.45, 7) is 7.82. The van der Waals surface area contributed by atoms with Crippen molar-refractivity contribution in [3.05, 3.63) is 34.5 Å². The SMILES string of the molecule is CCN(CC(=O)NC(C)C)C(=O)c1oc2ccc(Cl)cc2c1C. The number of halogens is 1. The van der Waals surface area contributed by atoms with Crippen LogP contribution in [-0.4, -0.2) is 35.8 Å². The van der Waals surface area contributed by atoms with Crippen molar-refractivity contribution in [3.63, 3.8) is 0 Å². The van der Waals surface area contributed by atoms with Crippen LogP contribution in [0.1, 0.15) is 36.9 Å². The summed E-state index contributed by atoms with van der Waals surface area (Å²) >= 11 is 6.00. The van der Waals surface area contributed by atoms with Crippen molar-refractivity contribution in [2.45, 2.75) is 33.7 Å². The van der Waals surface area contributed by atoms with E-state index in [2.05, 4.69) is 5.32 Å². The summed E-state index contributed by atoms with van der Waals surface area (Å²) in [6, 6.07) is 5.26. The molecule has 0 aliphatic carbocycles. The van der Waals surface area contributed by atoms with Crippen LogP contribution in [0.3, 0.4) is 0 Å². The fourth-order valence-corrected chi connectivity index (χ4v) is 2.58. The summed E-state index contributed by atoms with van der Waals surface area (Å²) in [5.74, 6) is -0.232. The van der Waals surface area contributed by atoms with Crippen LogP contribution in [0.2, 0.25) is 5.02 Å². The molecule has 0 aliphatic rings. The Hall–Kier alpha value is -2.01. The number of hydrogen-bond acceptors (Lipinski definition) is 3. The van der Waals surface area contributed by atoms with Crippen molar-refractivity contribution < 1.29 is 14.0 Å². The van der Waals surface area contributed by atoms with Crippen LogP contribution in [0.4, 0.5) is 0 Å². The quantitative estimate of drug-likeness (QED) is 0.910. The fourth-order valence-electron chi connectivity index (χ4n) is 2.41. The van der Waals surface area contributed by atoms with Crippen molar-refractivity contribution in [3.8, 4) is 0 Å². The molecule has 23 heavy (non-hydrogen) atoms. The van der Waals surface area contributed by atoms with Crippen LogP contribution in [0.5, 0.6) is 0 Å². The van der Waals surface area contributed by atoms with Crippen molar-refractivity contribution in [1.29, 1.82) is 0 Å². The van der Waals surface area contributed by atoms with E-state index in [0.29, 0.717) is 17.2 Å². The summed E-state index contributed by atoms with van der Waals surface area (Å²) in [5, 5.41) is 4.18. The molecule has 1 aromatic carbocycles. The normalized spacial score (nSPS) is 11.0. The highest BCUT2D eigenvalue weighted by Crippen LogP contribution is 2.28. The molecule has 5 nitrogen and oxygen atoms in total. The smallest absolute Gasteiger partial charge is 0.290 e. The van der Waals surface area contributed by atoms with E-state index in [1.165, 1.54) is 4.90 Å². The lowest BCUT2D eigenvalue weighted by Gasteiger charge is -2.20. The van der Waals surface area contributed by atoms with E-state index < -0.39 is 0 Å². The molecule has 2 rings (SSSR count). The van der Waals surface area contributed by atoms with Crippen LogP contribution in [0.25, 0.3) is 11.0 Å². The molecule has 0 saturated carbocycles. The molecule has 0 unspecified atom stereocenters. The van der Waals surface area contributed by atoms with Gasteiger partial charge < -0.3 is 14.6 Å². The predicted octanol–water partition coefficient (Wildman–Crippen LogP) is 3.38. The van der Waals surface area contributed by atoms with E-state index in [4.69, 9.17) is 16.0 Å². The third-order valence-corrected chi connectivity index (χ3v) is 3.78. The van der Waals surface area contributed by atoms with Crippen LogP contribution in [0, 0.1) is 6.92 Å². The Labute approximate surface area is 140 Å². The lowest BCUT2D eigenvalue weighted by Crippen LogP contribution is -2.42. The Morgan fingerprint density at radius 1 is 1.35 bits per heavy atom. The van der Waals surface area contributed by atoms with Gasteiger partial charge in [-0.1, -0.05) is 11.6 Å². The first-order valence-electron chi connectivity index (χ1n) is 7.60. The van der Waals surface area contributed by atoms with Crippen LogP contribution < -0.4 is 5.32 Å². The van der Waals surface area contributed by atoms with E-state index >= 15 is 0 Å². The van der Waals surface area contributed by atoms with E-state index in [9.17, 15) is 9.59 Å². The lowest BCUT2D eigenvalue weighted by atomic mass is 10.1. The first kappa shape index (κ1) is 17.3. The van der Waals surface area contributed by atoms with E-state index in [1.807, 2.05) is 27.7 Å². The van der Waals surface area contributed by atoms with E-state index in [1.54, 1.807) is 18.2 Å². The van der Waals surface area contributed by atoms with Crippen LogP contribution in [-0.2, 0) is 4.79 Å². The lowest BCUT2D eigenvalue weighted by molar-refractivity contribution is -0.122. The molecule has 1 N–H and O–H groups in total. The Balaban J connectivity index is 2.27. The number of carbonyl (C=O) groups is 2. The maximum atomic E-state index is 12.7. The summed E-state index contributed by atoms with van der Waals surface area (Å²) in [7, 11) is 0. The Morgan fingerprint density at radius 3 is 2.65 bits per heavy atom. The molecule has 1 aromatic heterocycles.